The minimum absolute atomic E-state index is 0.0538. The number of nitrogens with zero attached hydrogens (tertiary/aromatic N) is 1. The lowest BCUT2D eigenvalue weighted by atomic mass is 10.1. The summed E-state index contributed by atoms with van der Waals surface area (Å²) in [6.45, 7) is 0. The Kier molecular flexibility index (Phi) is 4.05. The molecule has 0 fully saturated rings. The Morgan fingerprint density at radius 1 is 1.50 bits per heavy atom. The van der Waals surface area contributed by atoms with E-state index in [4.69, 9.17) is 17.3 Å². The molecule has 0 spiro atoms. The standard InChI is InChI=1S/C9H11ClN2O4/c10-6-2-1-4(13)8(12-6)9(16)5(14)3-7(11)15/h1-2,5,9,13-14,16H,3H2,(H2,11,15). The third-order valence-corrected chi connectivity index (χ3v) is 2.13. The predicted octanol–water partition coefficient (Wildman–Crippen LogP) is -0.290. The number of aromatic hydroxyl groups is 1. The van der Waals surface area contributed by atoms with Crippen LogP contribution >= 0.6 is 11.6 Å². The fraction of sp³-hybridized carbons (Fsp3) is 0.333. The Hall–Kier alpha value is -1.37. The molecule has 1 rings (SSSR count). The number of carbonyl (C=O) groups is 1. The van der Waals surface area contributed by atoms with Crippen molar-refractivity contribution < 1.29 is 20.1 Å². The van der Waals surface area contributed by atoms with Crippen molar-refractivity contribution in [2.45, 2.75) is 18.6 Å². The zero-order valence-electron chi connectivity index (χ0n) is 8.17. The third-order valence-electron chi connectivity index (χ3n) is 1.92. The van der Waals surface area contributed by atoms with Crippen LogP contribution in [0.15, 0.2) is 12.1 Å². The molecule has 1 aromatic rings. The number of hydrogen-bond donors (Lipinski definition) is 4. The zero-order valence-corrected chi connectivity index (χ0v) is 8.92. The number of pyridine rings is 1. The van der Waals surface area contributed by atoms with Gasteiger partial charge in [-0.1, -0.05) is 11.6 Å². The normalized spacial score (nSPS) is 14.4. The van der Waals surface area contributed by atoms with E-state index in [0.29, 0.717) is 0 Å². The molecule has 0 aliphatic carbocycles. The molecule has 1 amide bonds. The average Bonchev–Trinajstić information content (AvgIpc) is 2.19. The van der Waals surface area contributed by atoms with E-state index in [0.717, 1.165) is 0 Å². The van der Waals surface area contributed by atoms with E-state index in [2.05, 4.69) is 4.98 Å². The predicted molar refractivity (Wildman–Crippen MR) is 55.7 cm³/mol. The Labute approximate surface area is 96.3 Å². The quantitative estimate of drug-likeness (QED) is 0.545. The van der Waals surface area contributed by atoms with Crippen LogP contribution in [0.2, 0.25) is 5.15 Å². The van der Waals surface area contributed by atoms with Gasteiger partial charge in [0.05, 0.1) is 12.5 Å². The molecule has 16 heavy (non-hydrogen) atoms. The van der Waals surface area contributed by atoms with Gasteiger partial charge in [0, 0.05) is 0 Å². The molecule has 0 saturated heterocycles. The maximum absolute atomic E-state index is 10.5. The monoisotopic (exact) mass is 246 g/mol. The summed E-state index contributed by atoms with van der Waals surface area (Å²) in [6, 6.07) is 2.55. The fourth-order valence-corrected chi connectivity index (χ4v) is 1.31. The van der Waals surface area contributed by atoms with Gasteiger partial charge in [-0.3, -0.25) is 4.79 Å². The van der Waals surface area contributed by atoms with Crippen molar-refractivity contribution >= 4 is 17.5 Å². The van der Waals surface area contributed by atoms with Gasteiger partial charge in [0.15, 0.2) is 0 Å². The molecule has 0 aliphatic rings. The summed E-state index contributed by atoms with van der Waals surface area (Å²) in [5.74, 6) is -1.09. The molecule has 5 N–H and O–H groups in total. The van der Waals surface area contributed by atoms with Gasteiger partial charge in [-0.05, 0) is 12.1 Å². The number of primary amides is 1. The van der Waals surface area contributed by atoms with Gasteiger partial charge < -0.3 is 21.1 Å². The van der Waals surface area contributed by atoms with Crippen LogP contribution in [-0.2, 0) is 4.79 Å². The van der Waals surface area contributed by atoms with Crippen LogP contribution in [0.1, 0.15) is 18.2 Å². The summed E-state index contributed by atoms with van der Waals surface area (Å²) in [5, 5.41) is 28.4. The van der Waals surface area contributed by atoms with E-state index >= 15 is 0 Å². The van der Waals surface area contributed by atoms with Gasteiger partial charge in [-0.15, -0.1) is 0 Å². The minimum Gasteiger partial charge on any atom is -0.506 e. The van der Waals surface area contributed by atoms with Crippen molar-refractivity contribution in [3.05, 3.63) is 23.0 Å². The number of aliphatic hydroxyl groups excluding tert-OH is 2. The molecule has 88 valence electrons. The number of aliphatic hydroxyl groups is 2. The van der Waals surface area contributed by atoms with E-state index in [-0.39, 0.29) is 16.6 Å². The van der Waals surface area contributed by atoms with Crippen LogP contribution < -0.4 is 5.73 Å². The number of hydrogen-bond acceptors (Lipinski definition) is 5. The second kappa shape index (κ2) is 5.11. The Morgan fingerprint density at radius 2 is 2.12 bits per heavy atom. The van der Waals surface area contributed by atoms with Crippen molar-refractivity contribution in [1.29, 1.82) is 0 Å². The highest BCUT2D eigenvalue weighted by Crippen LogP contribution is 2.26. The van der Waals surface area contributed by atoms with Crippen molar-refractivity contribution in [2.24, 2.45) is 5.73 Å². The number of carbonyl (C=O) groups excluding carboxylic acids is 1. The van der Waals surface area contributed by atoms with Gasteiger partial charge in [0.25, 0.3) is 0 Å². The molecule has 1 heterocycles. The second-order valence-corrected chi connectivity index (χ2v) is 3.61. The van der Waals surface area contributed by atoms with Crippen LogP contribution in [0, 0.1) is 0 Å². The number of rotatable bonds is 4. The first kappa shape index (κ1) is 12.7. The van der Waals surface area contributed by atoms with E-state index in [1.807, 2.05) is 0 Å². The number of amides is 1. The minimum atomic E-state index is -1.52. The second-order valence-electron chi connectivity index (χ2n) is 3.22. The summed E-state index contributed by atoms with van der Waals surface area (Å²) < 4.78 is 0. The van der Waals surface area contributed by atoms with E-state index in [9.17, 15) is 20.1 Å². The summed E-state index contributed by atoms with van der Waals surface area (Å²) in [7, 11) is 0. The van der Waals surface area contributed by atoms with Crippen LogP contribution in [0.4, 0.5) is 0 Å². The maximum Gasteiger partial charge on any atom is 0.220 e. The molecule has 6 nitrogen and oxygen atoms in total. The molecule has 2 unspecified atom stereocenters. The Balaban J connectivity index is 2.90. The van der Waals surface area contributed by atoms with Gasteiger partial charge in [0.2, 0.25) is 5.91 Å². The topological polar surface area (TPSA) is 117 Å². The summed E-state index contributed by atoms with van der Waals surface area (Å²) in [4.78, 5) is 14.2. The first-order valence-corrected chi connectivity index (χ1v) is 4.79. The van der Waals surface area contributed by atoms with Crippen LogP contribution in [0.5, 0.6) is 5.75 Å². The highest BCUT2D eigenvalue weighted by molar-refractivity contribution is 6.29. The molecular formula is C9H11ClN2O4. The molecule has 0 saturated carbocycles. The number of nitrogens with two attached hydrogens (primary N) is 1. The van der Waals surface area contributed by atoms with Gasteiger partial charge in [-0.25, -0.2) is 4.98 Å². The van der Waals surface area contributed by atoms with Gasteiger partial charge in [-0.2, -0.15) is 0 Å². The van der Waals surface area contributed by atoms with Crippen LogP contribution in [-0.4, -0.2) is 32.3 Å². The Morgan fingerprint density at radius 3 is 2.69 bits per heavy atom. The molecule has 7 heteroatoms. The van der Waals surface area contributed by atoms with Crippen LogP contribution in [0.25, 0.3) is 0 Å². The first-order valence-electron chi connectivity index (χ1n) is 4.41. The largest absolute Gasteiger partial charge is 0.506 e. The zero-order chi connectivity index (χ0) is 12.3. The number of halogens is 1. The van der Waals surface area contributed by atoms with E-state index in [1.54, 1.807) is 0 Å². The molecule has 0 radical (unpaired) electrons. The first-order chi connectivity index (χ1) is 7.41. The van der Waals surface area contributed by atoms with Gasteiger partial charge >= 0.3 is 0 Å². The maximum atomic E-state index is 10.5. The Bertz CT molecular complexity index is 399. The highest BCUT2D eigenvalue weighted by Gasteiger charge is 2.24. The summed E-state index contributed by atoms with van der Waals surface area (Å²) in [6.07, 6.45) is -3.39. The highest BCUT2D eigenvalue weighted by atomic mass is 35.5. The summed E-state index contributed by atoms with van der Waals surface area (Å²) in [5.41, 5.74) is 4.66. The van der Waals surface area contributed by atoms with Gasteiger partial charge in [0.1, 0.15) is 22.7 Å². The molecule has 0 bridgehead atoms. The molecular weight excluding hydrogens is 236 g/mol. The average molecular weight is 247 g/mol. The van der Waals surface area contributed by atoms with E-state index < -0.39 is 24.5 Å². The van der Waals surface area contributed by atoms with Crippen molar-refractivity contribution in [2.75, 3.05) is 0 Å². The van der Waals surface area contributed by atoms with Crippen LogP contribution in [0.3, 0.4) is 0 Å². The fourth-order valence-electron chi connectivity index (χ4n) is 1.16. The lowest BCUT2D eigenvalue weighted by molar-refractivity contribution is -0.121. The molecule has 2 atom stereocenters. The molecule has 0 aromatic carbocycles. The third kappa shape index (κ3) is 3.06. The van der Waals surface area contributed by atoms with Crippen molar-refractivity contribution in [1.82, 2.24) is 4.98 Å². The number of aromatic nitrogens is 1. The summed E-state index contributed by atoms with van der Waals surface area (Å²) >= 11 is 5.56. The van der Waals surface area contributed by atoms with Crippen molar-refractivity contribution in [3.63, 3.8) is 0 Å². The molecule has 1 aromatic heterocycles. The lowest BCUT2D eigenvalue weighted by Gasteiger charge is -2.16. The lowest BCUT2D eigenvalue weighted by Crippen LogP contribution is -2.26. The smallest absolute Gasteiger partial charge is 0.220 e. The van der Waals surface area contributed by atoms with E-state index in [1.165, 1.54) is 12.1 Å². The molecule has 0 aliphatic heterocycles. The van der Waals surface area contributed by atoms with Crippen molar-refractivity contribution in [3.8, 4) is 5.75 Å². The SMILES string of the molecule is NC(=O)CC(O)C(O)c1nc(Cl)ccc1O.